The summed E-state index contributed by atoms with van der Waals surface area (Å²) >= 11 is 1.29. The third-order valence-electron chi connectivity index (χ3n) is 3.80. The molecule has 0 fully saturated rings. The first-order chi connectivity index (χ1) is 14.4. The van der Waals surface area contributed by atoms with Crippen molar-refractivity contribution in [1.29, 1.82) is 0 Å². The molecule has 0 spiro atoms. The molecule has 0 bridgehead atoms. The van der Waals surface area contributed by atoms with Gasteiger partial charge in [0.15, 0.2) is 6.61 Å². The van der Waals surface area contributed by atoms with Crippen LogP contribution in [-0.4, -0.2) is 50.5 Å². The second-order valence-electron chi connectivity index (χ2n) is 6.17. The molecule has 2 aromatic rings. The molecule has 2 rings (SSSR count). The summed E-state index contributed by atoms with van der Waals surface area (Å²) in [4.78, 5) is 47.7. The van der Waals surface area contributed by atoms with E-state index in [-0.39, 0.29) is 25.4 Å². The standard InChI is InChI=1S/C20H23N3O6S/c1-13-5-6-15(28-2)14(10-13)23-17(24)11-22-18(25)12-29-19(26)7-8-21-20(27)16-4-3-9-30-16/h3-6,9-10H,7-8,11-12H2,1-2H3,(H,21,27)(H,22,25)(H,23,24). The van der Waals surface area contributed by atoms with Crippen LogP contribution >= 0.6 is 11.3 Å². The first-order valence-corrected chi connectivity index (χ1v) is 9.95. The number of hydrogen-bond acceptors (Lipinski definition) is 7. The number of ether oxygens (including phenoxy) is 2. The summed E-state index contributed by atoms with van der Waals surface area (Å²) in [6.07, 6.45) is -0.0714. The van der Waals surface area contributed by atoms with Crippen molar-refractivity contribution in [3.8, 4) is 5.75 Å². The summed E-state index contributed by atoms with van der Waals surface area (Å²) in [6, 6.07) is 8.75. The molecule has 3 N–H and O–H groups in total. The molecular formula is C20H23N3O6S. The van der Waals surface area contributed by atoms with Gasteiger partial charge in [0.1, 0.15) is 5.75 Å². The van der Waals surface area contributed by atoms with E-state index in [1.807, 2.05) is 13.0 Å². The van der Waals surface area contributed by atoms with E-state index in [0.29, 0.717) is 16.3 Å². The maximum atomic E-state index is 12.0. The van der Waals surface area contributed by atoms with E-state index in [9.17, 15) is 19.2 Å². The first kappa shape index (κ1) is 22.9. The van der Waals surface area contributed by atoms with Gasteiger partial charge in [0.2, 0.25) is 5.91 Å². The van der Waals surface area contributed by atoms with Crippen molar-refractivity contribution in [3.05, 3.63) is 46.2 Å². The Kier molecular flexibility index (Phi) is 8.82. The highest BCUT2D eigenvalue weighted by Gasteiger charge is 2.12. The minimum absolute atomic E-state index is 0.0714. The van der Waals surface area contributed by atoms with Crippen LogP contribution in [0.1, 0.15) is 21.7 Å². The van der Waals surface area contributed by atoms with Crippen LogP contribution < -0.4 is 20.7 Å². The Bertz CT molecular complexity index is 898. The second kappa shape index (κ2) is 11.6. The van der Waals surface area contributed by atoms with Gasteiger partial charge in [-0.15, -0.1) is 11.3 Å². The highest BCUT2D eigenvalue weighted by molar-refractivity contribution is 7.12. The van der Waals surface area contributed by atoms with Gasteiger partial charge >= 0.3 is 5.97 Å². The van der Waals surface area contributed by atoms with Crippen LogP contribution in [0, 0.1) is 6.92 Å². The molecule has 1 heterocycles. The van der Waals surface area contributed by atoms with Crippen molar-refractivity contribution in [2.45, 2.75) is 13.3 Å². The van der Waals surface area contributed by atoms with Gasteiger partial charge in [-0.25, -0.2) is 0 Å². The van der Waals surface area contributed by atoms with Crippen molar-refractivity contribution in [1.82, 2.24) is 10.6 Å². The van der Waals surface area contributed by atoms with Crippen LogP contribution in [0.25, 0.3) is 0 Å². The Balaban J connectivity index is 1.63. The smallest absolute Gasteiger partial charge is 0.308 e. The van der Waals surface area contributed by atoms with E-state index in [4.69, 9.17) is 9.47 Å². The number of amides is 3. The number of anilines is 1. The highest BCUT2D eigenvalue weighted by atomic mass is 32.1. The number of thiophene rings is 1. The topological polar surface area (TPSA) is 123 Å². The number of aryl methyl sites for hydroxylation is 1. The van der Waals surface area contributed by atoms with E-state index in [0.717, 1.165) is 5.56 Å². The third-order valence-corrected chi connectivity index (χ3v) is 4.67. The number of methoxy groups -OCH3 is 1. The molecule has 0 atom stereocenters. The molecule has 30 heavy (non-hydrogen) atoms. The van der Waals surface area contributed by atoms with Gasteiger partial charge in [-0.2, -0.15) is 0 Å². The van der Waals surface area contributed by atoms with E-state index in [2.05, 4.69) is 16.0 Å². The van der Waals surface area contributed by atoms with Crippen LogP contribution in [0.4, 0.5) is 5.69 Å². The molecular weight excluding hydrogens is 410 g/mol. The summed E-state index contributed by atoms with van der Waals surface area (Å²) in [5.74, 6) is -1.47. The van der Waals surface area contributed by atoms with Gasteiger partial charge in [-0.05, 0) is 36.1 Å². The predicted molar refractivity (Wildman–Crippen MR) is 112 cm³/mol. The normalized spacial score (nSPS) is 10.1. The quantitative estimate of drug-likeness (QED) is 0.488. The lowest BCUT2D eigenvalue weighted by atomic mass is 10.2. The van der Waals surface area contributed by atoms with E-state index >= 15 is 0 Å². The molecule has 1 aromatic carbocycles. The number of carbonyl (C=O) groups excluding carboxylic acids is 4. The Morgan fingerprint density at radius 3 is 2.57 bits per heavy atom. The number of benzene rings is 1. The van der Waals surface area contributed by atoms with Crippen LogP contribution in [0.15, 0.2) is 35.7 Å². The molecule has 0 unspecified atom stereocenters. The predicted octanol–water partition coefficient (Wildman–Crippen LogP) is 1.48. The van der Waals surface area contributed by atoms with Gasteiger partial charge in [0, 0.05) is 6.54 Å². The summed E-state index contributed by atoms with van der Waals surface area (Å²) in [5.41, 5.74) is 1.43. The zero-order valence-electron chi connectivity index (χ0n) is 16.7. The summed E-state index contributed by atoms with van der Waals surface area (Å²) in [7, 11) is 1.49. The third kappa shape index (κ3) is 7.55. The fourth-order valence-corrected chi connectivity index (χ4v) is 2.98. The molecule has 1 aromatic heterocycles. The average Bonchev–Trinajstić information content (AvgIpc) is 3.26. The van der Waals surface area contributed by atoms with Gasteiger partial charge in [0.05, 0.1) is 30.6 Å². The SMILES string of the molecule is COc1ccc(C)cc1NC(=O)CNC(=O)COC(=O)CCNC(=O)c1cccs1. The fraction of sp³-hybridized carbons (Fsp3) is 0.300. The van der Waals surface area contributed by atoms with E-state index in [1.54, 1.807) is 29.6 Å². The van der Waals surface area contributed by atoms with Gasteiger partial charge < -0.3 is 25.4 Å². The largest absolute Gasteiger partial charge is 0.495 e. The van der Waals surface area contributed by atoms with Gasteiger partial charge in [-0.3, -0.25) is 19.2 Å². The number of nitrogens with one attached hydrogen (secondary N) is 3. The average molecular weight is 433 g/mol. The van der Waals surface area contributed by atoms with Crippen LogP contribution in [0.3, 0.4) is 0 Å². The van der Waals surface area contributed by atoms with Crippen molar-refractivity contribution in [2.75, 3.05) is 32.1 Å². The van der Waals surface area contributed by atoms with Crippen molar-refractivity contribution in [3.63, 3.8) is 0 Å². The molecule has 0 radical (unpaired) electrons. The Morgan fingerprint density at radius 1 is 1.07 bits per heavy atom. The molecule has 0 aliphatic carbocycles. The van der Waals surface area contributed by atoms with Crippen LogP contribution in [0.2, 0.25) is 0 Å². The Morgan fingerprint density at radius 2 is 1.87 bits per heavy atom. The zero-order valence-corrected chi connectivity index (χ0v) is 17.5. The lowest BCUT2D eigenvalue weighted by molar-refractivity contribution is -0.148. The highest BCUT2D eigenvalue weighted by Crippen LogP contribution is 2.24. The lowest BCUT2D eigenvalue weighted by Crippen LogP contribution is -2.36. The number of hydrogen-bond donors (Lipinski definition) is 3. The Hall–Kier alpha value is -3.40. The zero-order chi connectivity index (χ0) is 21.9. The number of esters is 1. The second-order valence-corrected chi connectivity index (χ2v) is 7.12. The molecule has 10 heteroatoms. The first-order valence-electron chi connectivity index (χ1n) is 9.07. The molecule has 0 saturated heterocycles. The van der Waals surface area contributed by atoms with E-state index in [1.165, 1.54) is 18.4 Å². The molecule has 0 aliphatic heterocycles. The maximum Gasteiger partial charge on any atom is 0.308 e. The molecule has 160 valence electrons. The summed E-state index contributed by atoms with van der Waals surface area (Å²) < 4.78 is 10.0. The minimum Gasteiger partial charge on any atom is -0.495 e. The number of rotatable bonds is 10. The van der Waals surface area contributed by atoms with Crippen molar-refractivity contribution >= 4 is 40.7 Å². The van der Waals surface area contributed by atoms with Crippen LogP contribution in [-0.2, 0) is 19.1 Å². The van der Waals surface area contributed by atoms with Crippen LogP contribution in [0.5, 0.6) is 5.75 Å². The molecule has 9 nitrogen and oxygen atoms in total. The minimum atomic E-state index is -0.634. The molecule has 0 saturated carbocycles. The fourth-order valence-electron chi connectivity index (χ4n) is 2.33. The molecule has 3 amide bonds. The van der Waals surface area contributed by atoms with Gasteiger partial charge in [0.25, 0.3) is 11.8 Å². The monoisotopic (exact) mass is 433 g/mol. The Labute approximate surface area is 177 Å². The lowest BCUT2D eigenvalue weighted by Gasteiger charge is -2.11. The summed E-state index contributed by atoms with van der Waals surface area (Å²) in [6.45, 7) is 1.17. The molecule has 0 aliphatic rings. The maximum absolute atomic E-state index is 12.0. The van der Waals surface area contributed by atoms with Crippen molar-refractivity contribution in [2.24, 2.45) is 0 Å². The summed E-state index contributed by atoms with van der Waals surface area (Å²) in [5, 5.41) is 9.38. The number of carbonyl (C=O) groups is 4. The van der Waals surface area contributed by atoms with Gasteiger partial charge in [-0.1, -0.05) is 12.1 Å². The van der Waals surface area contributed by atoms with Crippen molar-refractivity contribution < 1.29 is 28.7 Å². The van der Waals surface area contributed by atoms with E-state index < -0.39 is 24.4 Å².